The average molecular weight is 191 g/mol. The molecule has 1 atom stereocenters. The molecule has 0 aromatic heterocycles. The Balaban J connectivity index is 3.95. The number of aliphatic hydroxyl groups excluding tert-OH is 3. The molecule has 0 aliphatic heterocycles. The summed E-state index contributed by atoms with van der Waals surface area (Å²) in [5.74, 6) is -0.252. The van der Waals surface area contributed by atoms with Crippen molar-refractivity contribution in [3.63, 3.8) is 0 Å². The summed E-state index contributed by atoms with van der Waals surface area (Å²) in [7, 11) is 0. The van der Waals surface area contributed by atoms with Gasteiger partial charge in [0, 0.05) is 13.1 Å². The Kier molecular flexibility index (Phi) is 6.48. The van der Waals surface area contributed by atoms with Crippen LogP contribution in [-0.4, -0.2) is 58.5 Å². The van der Waals surface area contributed by atoms with E-state index in [1.807, 2.05) is 0 Å². The number of carbonyl (C=O) groups is 1. The van der Waals surface area contributed by atoms with E-state index in [9.17, 15) is 4.79 Å². The Morgan fingerprint density at radius 1 is 1.31 bits per heavy atom. The fourth-order valence-corrected chi connectivity index (χ4v) is 0.984. The summed E-state index contributed by atoms with van der Waals surface area (Å²) in [6, 6.07) is 0. The van der Waals surface area contributed by atoms with E-state index >= 15 is 0 Å². The van der Waals surface area contributed by atoms with E-state index < -0.39 is 6.10 Å². The van der Waals surface area contributed by atoms with Crippen molar-refractivity contribution in [3.05, 3.63) is 0 Å². The molecule has 0 aromatic rings. The molecule has 13 heavy (non-hydrogen) atoms. The molecule has 5 heteroatoms. The van der Waals surface area contributed by atoms with E-state index in [0.717, 1.165) is 0 Å². The van der Waals surface area contributed by atoms with Gasteiger partial charge in [0.15, 0.2) is 0 Å². The molecular formula is C8H17NO4. The van der Waals surface area contributed by atoms with Crippen LogP contribution >= 0.6 is 0 Å². The molecule has 0 aliphatic carbocycles. The number of amides is 1. The molecule has 0 saturated carbocycles. The number of hydrogen-bond donors (Lipinski definition) is 3. The number of carbonyl (C=O) groups excluding carboxylic acids is 1. The number of nitrogens with zero attached hydrogens (tertiary/aromatic N) is 1. The van der Waals surface area contributed by atoms with Crippen LogP contribution in [-0.2, 0) is 4.79 Å². The number of rotatable bonds is 6. The quantitative estimate of drug-likeness (QED) is 0.481. The van der Waals surface area contributed by atoms with E-state index in [4.69, 9.17) is 15.3 Å². The summed E-state index contributed by atoms with van der Waals surface area (Å²) in [6.45, 7) is 1.66. The Hall–Kier alpha value is -0.650. The van der Waals surface area contributed by atoms with Gasteiger partial charge in [-0.15, -0.1) is 0 Å². The van der Waals surface area contributed by atoms with Crippen LogP contribution in [0.2, 0.25) is 0 Å². The molecule has 0 fully saturated rings. The lowest BCUT2D eigenvalue weighted by molar-refractivity contribution is -0.134. The van der Waals surface area contributed by atoms with Crippen molar-refractivity contribution < 1.29 is 20.1 Å². The van der Waals surface area contributed by atoms with Crippen LogP contribution in [0.15, 0.2) is 0 Å². The predicted molar refractivity (Wildman–Crippen MR) is 47.0 cm³/mol. The normalized spacial score (nSPS) is 12.6. The first kappa shape index (κ1) is 12.3. The first-order valence-corrected chi connectivity index (χ1v) is 4.29. The lowest BCUT2D eigenvalue weighted by Crippen LogP contribution is -2.37. The maximum Gasteiger partial charge on any atom is 0.225 e. The fourth-order valence-electron chi connectivity index (χ4n) is 0.984. The molecule has 5 nitrogen and oxygen atoms in total. The fraction of sp³-hybridized carbons (Fsp3) is 0.875. The summed E-state index contributed by atoms with van der Waals surface area (Å²) in [5.41, 5.74) is 0. The Labute approximate surface area is 77.6 Å². The Bertz CT molecular complexity index is 143. The molecule has 0 heterocycles. The molecular weight excluding hydrogens is 174 g/mol. The average Bonchev–Trinajstić information content (AvgIpc) is 2.02. The second kappa shape index (κ2) is 6.82. The summed E-state index contributed by atoms with van der Waals surface area (Å²) in [4.78, 5) is 12.6. The van der Waals surface area contributed by atoms with Gasteiger partial charge in [0.05, 0.1) is 25.7 Å². The third kappa shape index (κ3) is 5.57. The van der Waals surface area contributed by atoms with Gasteiger partial charge in [-0.2, -0.15) is 0 Å². The zero-order chi connectivity index (χ0) is 10.3. The van der Waals surface area contributed by atoms with Crippen LogP contribution < -0.4 is 0 Å². The minimum atomic E-state index is -0.688. The monoisotopic (exact) mass is 191 g/mol. The van der Waals surface area contributed by atoms with Gasteiger partial charge in [-0.25, -0.2) is 0 Å². The molecule has 0 aromatic carbocycles. The maximum absolute atomic E-state index is 11.3. The van der Waals surface area contributed by atoms with E-state index in [2.05, 4.69) is 0 Å². The van der Waals surface area contributed by atoms with Gasteiger partial charge in [0.25, 0.3) is 0 Å². The van der Waals surface area contributed by atoms with Gasteiger partial charge >= 0.3 is 0 Å². The van der Waals surface area contributed by atoms with Crippen molar-refractivity contribution in [1.82, 2.24) is 4.90 Å². The molecule has 1 amide bonds. The van der Waals surface area contributed by atoms with E-state index in [0.29, 0.717) is 0 Å². The highest BCUT2D eigenvalue weighted by Crippen LogP contribution is 1.97. The van der Waals surface area contributed by atoms with Crippen LogP contribution in [0.25, 0.3) is 0 Å². The summed E-state index contributed by atoms with van der Waals surface area (Å²) < 4.78 is 0. The Morgan fingerprint density at radius 3 is 2.08 bits per heavy atom. The van der Waals surface area contributed by atoms with Crippen LogP contribution in [0, 0.1) is 0 Å². The first-order chi connectivity index (χ1) is 6.11. The van der Waals surface area contributed by atoms with Gasteiger partial charge in [0.1, 0.15) is 0 Å². The van der Waals surface area contributed by atoms with Crippen LogP contribution in [0.5, 0.6) is 0 Å². The van der Waals surface area contributed by atoms with Crippen LogP contribution in [0.3, 0.4) is 0 Å². The van der Waals surface area contributed by atoms with Gasteiger partial charge in [-0.05, 0) is 6.92 Å². The second-order valence-electron chi connectivity index (χ2n) is 2.88. The summed E-state index contributed by atoms with van der Waals surface area (Å²) in [6.07, 6.45) is -0.660. The van der Waals surface area contributed by atoms with Crippen LogP contribution in [0.4, 0.5) is 0 Å². The van der Waals surface area contributed by atoms with Crippen molar-refractivity contribution >= 4 is 5.91 Å². The highest BCUT2D eigenvalue weighted by Gasteiger charge is 2.13. The second-order valence-corrected chi connectivity index (χ2v) is 2.88. The van der Waals surface area contributed by atoms with E-state index in [-0.39, 0.29) is 38.6 Å². The predicted octanol–water partition coefficient (Wildman–Crippen LogP) is -1.43. The van der Waals surface area contributed by atoms with Crippen LogP contribution in [0.1, 0.15) is 13.3 Å². The zero-order valence-electron chi connectivity index (χ0n) is 7.81. The van der Waals surface area contributed by atoms with Gasteiger partial charge in [-0.1, -0.05) is 0 Å². The molecule has 0 rings (SSSR count). The molecule has 0 bridgehead atoms. The summed E-state index contributed by atoms with van der Waals surface area (Å²) in [5, 5.41) is 26.2. The van der Waals surface area contributed by atoms with Gasteiger partial charge < -0.3 is 20.2 Å². The number of aliphatic hydroxyl groups is 3. The molecule has 0 saturated heterocycles. The molecule has 1 unspecified atom stereocenters. The lowest BCUT2D eigenvalue weighted by Gasteiger charge is -2.21. The van der Waals surface area contributed by atoms with Gasteiger partial charge in [-0.3, -0.25) is 4.79 Å². The highest BCUT2D eigenvalue weighted by molar-refractivity contribution is 5.76. The Morgan fingerprint density at radius 2 is 1.77 bits per heavy atom. The standard InChI is InChI=1S/C8H17NO4/c1-7(12)6-8(13)9(2-4-10)3-5-11/h7,10-12H,2-6H2,1H3. The minimum Gasteiger partial charge on any atom is -0.395 e. The van der Waals surface area contributed by atoms with Crippen molar-refractivity contribution in [1.29, 1.82) is 0 Å². The lowest BCUT2D eigenvalue weighted by atomic mass is 10.2. The number of hydrogen-bond acceptors (Lipinski definition) is 4. The molecule has 78 valence electrons. The molecule has 0 radical (unpaired) electrons. The van der Waals surface area contributed by atoms with Crippen molar-refractivity contribution in [3.8, 4) is 0 Å². The topological polar surface area (TPSA) is 81.0 Å². The van der Waals surface area contributed by atoms with Crippen molar-refractivity contribution in [2.75, 3.05) is 26.3 Å². The zero-order valence-corrected chi connectivity index (χ0v) is 7.81. The van der Waals surface area contributed by atoms with Crippen molar-refractivity contribution in [2.45, 2.75) is 19.4 Å². The smallest absolute Gasteiger partial charge is 0.225 e. The molecule has 3 N–H and O–H groups in total. The van der Waals surface area contributed by atoms with E-state index in [1.165, 1.54) is 11.8 Å². The third-order valence-corrected chi connectivity index (χ3v) is 1.56. The molecule has 0 aliphatic rings. The van der Waals surface area contributed by atoms with Crippen molar-refractivity contribution in [2.24, 2.45) is 0 Å². The highest BCUT2D eigenvalue weighted by atomic mass is 16.3. The third-order valence-electron chi connectivity index (χ3n) is 1.56. The van der Waals surface area contributed by atoms with Gasteiger partial charge in [0.2, 0.25) is 5.91 Å². The summed E-state index contributed by atoms with van der Waals surface area (Å²) >= 11 is 0. The minimum absolute atomic E-state index is 0.0278. The van der Waals surface area contributed by atoms with E-state index in [1.54, 1.807) is 0 Å². The molecule has 0 spiro atoms. The maximum atomic E-state index is 11.3. The first-order valence-electron chi connectivity index (χ1n) is 4.29. The largest absolute Gasteiger partial charge is 0.395 e. The SMILES string of the molecule is CC(O)CC(=O)N(CCO)CCO.